The number of ether oxygens (including phenoxy) is 1. The van der Waals surface area contributed by atoms with Crippen molar-refractivity contribution in [2.75, 3.05) is 7.11 Å². The number of carbonyl (C=O) groups is 3. The van der Waals surface area contributed by atoms with Crippen LogP contribution in [0.2, 0.25) is 0 Å². The van der Waals surface area contributed by atoms with Gasteiger partial charge in [0.05, 0.1) is 18.7 Å². The van der Waals surface area contributed by atoms with Gasteiger partial charge in [-0.15, -0.1) is 0 Å². The highest BCUT2D eigenvalue weighted by Crippen LogP contribution is 2.45. The number of hydrogen-bond acceptors (Lipinski definition) is 6. The van der Waals surface area contributed by atoms with E-state index in [1.807, 2.05) is 6.07 Å². The number of nitrogens with zero attached hydrogens (tertiary/aromatic N) is 1. The molecule has 0 radical (unpaired) electrons. The molecule has 1 aliphatic heterocycles. The van der Waals surface area contributed by atoms with Crippen LogP contribution in [0, 0.1) is 23.2 Å². The van der Waals surface area contributed by atoms with Gasteiger partial charge in [-0.3, -0.25) is 9.59 Å². The van der Waals surface area contributed by atoms with Crippen molar-refractivity contribution in [3.05, 3.63) is 71.3 Å². The Morgan fingerprint density at radius 2 is 1.79 bits per heavy atom. The first-order valence-electron chi connectivity index (χ1n) is 8.80. The number of methoxy groups -OCH3 is 1. The van der Waals surface area contributed by atoms with Crippen LogP contribution >= 0.6 is 0 Å². The number of aliphatic hydroxyl groups is 1. The molecule has 1 saturated heterocycles. The lowest BCUT2D eigenvalue weighted by Crippen LogP contribution is -2.62. The first-order chi connectivity index (χ1) is 13.8. The standard InChI is InChI=1S/C21H19N3O5/c1-29-20(27)13-9-7-12(8-10-13)16-15(11-22)21(28,14-5-3-2-4-6-14)24-19(26)17(16)18(23)25/h2-10,15-17,28H,1H3,(H2,23,25)(H,24,26)/t15-,16+,17-,21-/m1/s1. The molecule has 1 heterocycles. The molecule has 2 amide bonds. The summed E-state index contributed by atoms with van der Waals surface area (Å²) in [7, 11) is 1.25. The second-order valence-corrected chi connectivity index (χ2v) is 6.75. The van der Waals surface area contributed by atoms with E-state index in [9.17, 15) is 24.8 Å². The Morgan fingerprint density at radius 1 is 1.17 bits per heavy atom. The summed E-state index contributed by atoms with van der Waals surface area (Å²) in [6.45, 7) is 0. The van der Waals surface area contributed by atoms with Gasteiger partial charge in [-0.1, -0.05) is 42.5 Å². The maximum absolute atomic E-state index is 12.7. The van der Waals surface area contributed by atoms with Crippen molar-refractivity contribution in [1.29, 1.82) is 5.26 Å². The second-order valence-electron chi connectivity index (χ2n) is 6.75. The number of rotatable bonds is 4. The lowest BCUT2D eigenvalue weighted by atomic mass is 9.67. The van der Waals surface area contributed by atoms with Gasteiger partial charge in [0.25, 0.3) is 0 Å². The van der Waals surface area contributed by atoms with Crippen LogP contribution in [0.25, 0.3) is 0 Å². The van der Waals surface area contributed by atoms with Crippen molar-refractivity contribution < 1.29 is 24.2 Å². The third kappa shape index (κ3) is 3.44. The van der Waals surface area contributed by atoms with Gasteiger partial charge >= 0.3 is 5.97 Å². The number of amides is 2. The second kappa shape index (κ2) is 7.73. The molecular weight excluding hydrogens is 374 g/mol. The van der Waals surface area contributed by atoms with Crippen molar-refractivity contribution in [2.24, 2.45) is 17.6 Å². The van der Waals surface area contributed by atoms with E-state index in [4.69, 9.17) is 5.73 Å². The van der Waals surface area contributed by atoms with Crippen molar-refractivity contribution in [3.8, 4) is 6.07 Å². The Morgan fingerprint density at radius 3 is 2.31 bits per heavy atom. The molecule has 1 aliphatic rings. The third-order valence-corrected chi connectivity index (χ3v) is 5.14. The number of carbonyl (C=O) groups excluding carboxylic acids is 3. The van der Waals surface area contributed by atoms with Crippen LogP contribution < -0.4 is 11.1 Å². The van der Waals surface area contributed by atoms with Crippen LogP contribution in [0.1, 0.15) is 27.4 Å². The number of benzene rings is 2. The van der Waals surface area contributed by atoms with E-state index >= 15 is 0 Å². The Hall–Kier alpha value is -3.70. The van der Waals surface area contributed by atoms with Crippen molar-refractivity contribution >= 4 is 17.8 Å². The van der Waals surface area contributed by atoms with Crippen LogP contribution in [0.4, 0.5) is 0 Å². The van der Waals surface area contributed by atoms with E-state index < -0.39 is 41.3 Å². The number of nitriles is 1. The highest BCUT2D eigenvalue weighted by Gasteiger charge is 2.55. The molecular formula is C21H19N3O5. The van der Waals surface area contributed by atoms with Gasteiger partial charge in [0.1, 0.15) is 11.8 Å². The van der Waals surface area contributed by atoms with E-state index in [1.165, 1.54) is 31.4 Å². The summed E-state index contributed by atoms with van der Waals surface area (Å²) < 4.78 is 4.66. The Bertz CT molecular complexity index is 984. The zero-order valence-electron chi connectivity index (χ0n) is 15.5. The summed E-state index contributed by atoms with van der Waals surface area (Å²) in [5, 5.41) is 23.6. The number of piperidine rings is 1. The number of hydrogen-bond donors (Lipinski definition) is 3. The highest BCUT2D eigenvalue weighted by atomic mass is 16.5. The van der Waals surface area contributed by atoms with Crippen LogP contribution in [-0.4, -0.2) is 30.0 Å². The summed E-state index contributed by atoms with van der Waals surface area (Å²) in [5.74, 6) is -5.86. The molecule has 0 saturated carbocycles. The Balaban J connectivity index is 2.14. The molecule has 8 heteroatoms. The van der Waals surface area contributed by atoms with Crippen LogP contribution in [0.3, 0.4) is 0 Å². The molecule has 2 aromatic rings. The van der Waals surface area contributed by atoms with Gasteiger partial charge in [-0.2, -0.15) is 5.26 Å². The maximum atomic E-state index is 12.7. The normalized spacial score (nSPS) is 26.1. The van der Waals surface area contributed by atoms with Gasteiger partial charge in [0, 0.05) is 11.5 Å². The molecule has 1 fully saturated rings. The zero-order valence-corrected chi connectivity index (χ0v) is 15.5. The van der Waals surface area contributed by atoms with E-state index in [2.05, 4.69) is 10.1 Å². The fourth-order valence-corrected chi connectivity index (χ4v) is 3.73. The van der Waals surface area contributed by atoms with Crippen LogP contribution in [-0.2, 0) is 20.1 Å². The number of esters is 1. The quantitative estimate of drug-likeness (QED) is 0.517. The average molecular weight is 393 g/mol. The number of primary amides is 1. The first-order valence-corrected chi connectivity index (χ1v) is 8.80. The number of nitrogens with two attached hydrogens (primary N) is 1. The molecule has 8 nitrogen and oxygen atoms in total. The van der Waals surface area contributed by atoms with E-state index in [1.54, 1.807) is 30.3 Å². The van der Waals surface area contributed by atoms with Gasteiger partial charge in [0.2, 0.25) is 11.8 Å². The molecule has 4 N–H and O–H groups in total. The molecule has 0 spiro atoms. The summed E-state index contributed by atoms with van der Waals surface area (Å²) in [6.07, 6.45) is 0. The van der Waals surface area contributed by atoms with Gasteiger partial charge < -0.3 is 20.9 Å². The lowest BCUT2D eigenvalue weighted by Gasteiger charge is -2.44. The summed E-state index contributed by atoms with van der Waals surface area (Å²) in [6, 6.07) is 16.2. The lowest BCUT2D eigenvalue weighted by molar-refractivity contribution is -0.153. The van der Waals surface area contributed by atoms with Crippen molar-refractivity contribution in [1.82, 2.24) is 5.32 Å². The maximum Gasteiger partial charge on any atom is 0.337 e. The minimum absolute atomic E-state index is 0.263. The molecule has 0 unspecified atom stereocenters. The Labute approximate surface area is 166 Å². The SMILES string of the molecule is COC(=O)c1ccc([C@@H]2[C@H](C(N)=O)C(=O)N[C@@](O)(c3ccccc3)[C@@H]2C#N)cc1. The van der Waals surface area contributed by atoms with Crippen molar-refractivity contribution in [2.45, 2.75) is 11.6 Å². The fourth-order valence-electron chi connectivity index (χ4n) is 3.73. The smallest absolute Gasteiger partial charge is 0.337 e. The minimum Gasteiger partial charge on any atom is -0.465 e. The highest BCUT2D eigenvalue weighted by molar-refractivity contribution is 6.02. The van der Waals surface area contributed by atoms with Crippen LogP contribution in [0.15, 0.2) is 54.6 Å². The molecule has 4 atom stereocenters. The third-order valence-electron chi connectivity index (χ3n) is 5.14. The summed E-state index contributed by atoms with van der Waals surface area (Å²) in [5.41, 5.74) is 4.42. The van der Waals surface area contributed by atoms with E-state index in [-0.39, 0.29) is 5.56 Å². The first kappa shape index (κ1) is 20.0. The average Bonchev–Trinajstić information content (AvgIpc) is 2.73. The molecule has 3 rings (SSSR count). The van der Waals surface area contributed by atoms with Gasteiger partial charge in [0.15, 0.2) is 5.72 Å². The Kier molecular flexibility index (Phi) is 5.35. The number of nitrogens with one attached hydrogen (secondary N) is 1. The molecule has 29 heavy (non-hydrogen) atoms. The fraction of sp³-hybridized carbons (Fsp3) is 0.238. The van der Waals surface area contributed by atoms with Gasteiger partial charge in [-0.05, 0) is 17.7 Å². The van der Waals surface area contributed by atoms with Crippen LogP contribution in [0.5, 0.6) is 0 Å². The molecule has 0 bridgehead atoms. The largest absolute Gasteiger partial charge is 0.465 e. The molecule has 2 aromatic carbocycles. The predicted octanol–water partition coefficient (Wildman–Crippen LogP) is 0.773. The molecule has 148 valence electrons. The van der Waals surface area contributed by atoms with E-state index in [0.717, 1.165) is 0 Å². The summed E-state index contributed by atoms with van der Waals surface area (Å²) in [4.78, 5) is 36.5. The molecule has 0 aromatic heterocycles. The minimum atomic E-state index is -2.02. The zero-order chi connectivity index (χ0) is 21.2. The monoisotopic (exact) mass is 393 g/mol. The molecule has 0 aliphatic carbocycles. The van der Waals surface area contributed by atoms with E-state index in [0.29, 0.717) is 11.1 Å². The van der Waals surface area contributed by atoms with Crippen molar-refractivity contribution in [3.63, 3.8) is 0 Å². The predicted molar refractivity (Wildman–Crippen MR) is 101 cm³/mol. The van der Waals surface area contributed by atoms with Gasteiger partial charge in [-0.25, -0.2) is 4.79 Å². The topological polar surface area (TPSA) is 143 Å². The summed E-state index contributed by atoms with van der Waals surface area (Å²) >= 11 is 0.